The molecule has 0 spiro atoms. The molecule has 0 bridgehead atoms. The molecule has 1 N–H and O–H groups in total. The summed E-state index contributed by atoms with van der Waals surface area (Å²) in [6, 6.07) is 11.8. The predicted molar refractivity (Wildman–Crippen MR) is 153 cm³/mol. The molecule has 1 atom stereocenters. The number of methoxy groups -OCH3 is 1. The average Bonchev–Trinajstić information content (AvgIpc) is 2.87. The fourth-order valence-electron chi connectivity index (χ4n) is 4.19. The number of hydrogen-bond donors (Lipinski definition) is 1. The fourth-order valence-corrected chi connectivity index (χ4v) is 5.37. The quantitative estimate of drug-likeness (QED) is 0.309. The standard InChI is InChI=1S/C28H40ClN3O5S/c1-6-8-17-30-28(34)25(7-2)31(20-22-12-15-24(37-4)16-13-22)27(33)10-9-18-32(38(5,35)36)26-19-23(29)14-11-21(26)3/h11-16,19,25H,6-10,17-18,20H2,1-5H3,(H,30,34)/t25-/m0/s1. The van der Waals surface area contributed by atoms with Crippen molar-refractivity contribution in [3.8, 4) is 5.75 Å². The van der Waals surface area contributed by atoms with E-state index in [9.17, 15) is 18.0 Å². The van der Waals surface area contributed by atoms with Gasteiger partial charge in [0, 0.05) is 31.1 Å². The molecule has 2 rings (SSSR count). The maximum absolute atomic E-state index is 13.5. The van der Waals surface area contributed by atoms with Crippen molar-refractivity contribution in [3.05, 3.63) is 58.6 Å². The van der Waals surface area contributed by atoms with Crippen LogP contribution in [0.5, 0.6) is 5.75 Å². The van der Waals surface area contributed by atoms with Gasteiger partial charge in [0.2, 0.25) is 21.8 Å². The molecule has 38 heavy (non-hydrogen) atoms. The molecule has 2 aromatic rings. The van der Waals surface area contributed by atoms with Crippen LogP contribution in [0.2, 0.25) is 5.02 Å². The molecule has 0 unspecified atom stereocenters. The lowest BCUT2D eigenvalue weighted by atomic mass is 10.1. The lowest BCUT2D eigenvalue weighted by Crippen LogP contribution is -2.49. The molecular weight excluding hydrogens is 526 g/mol. The minimum atomic E-state index is -3.60. The Bertz CT molecular complexity index is 1170. The predicted octanol–water partition coefficient (Wildman–Crippen LogP) is 4.93. The molecule has 0 radical (unpaired) electrons. The minimum Gasteiger partial charge on any atom is -0.497 e. The number of anilines is 1. The number of amides is 2. The van der Waals surface area contributed by atoms with Crippen LogP contribution in [0.4, 0.5) is 5.69 Å². The second-order valence-corrected chi connectivity index (χ2v) is 11.7. The van der Waals surface area contributed by atoms with Gasteiger partial charge in [-0.05, 0) is 61.6 Å². The van der Waals surface area contributed by atoms with Gasteiger partial charge in [0.25, 0.3) is 0 Å². The Balaban J connectivity index is 2.23. The Labute approximate surface area is 232 Å². The molecule has 10 heteroatoms. The Morgan fingerprint density at radius 2 is 1.76 bits per heavy atom. The Morgan fingerprint density at radius 1 is 1.08 bits per heavy atom. The number of carbonyl (C=O) groups is 2. The van der Waals surface area contributed by atoms with Crippen molar-refractivity contribution in [2.24, 2.45) is 0 Å². The summed E-state index contributed by atoms with van der Waals surface area (Å²) in [5, 5.41) is 3.38. The van der Waals surface area contributed by atoms with Gasteiger partial charge in [0.15, 0.2) is 0 Å². The summed E-state index contributed by atoms with van der Waals surface area (Å²) >= 11 is 6.13. The summed E-state index contributed by atoms with van der Waals surface area (Å²) in [6.07, 6.45) is 3.77. The number of hydrogen-bond acceptors (Lipinski definition) is 5. The number of nitrogens with one attached hydrogen (secondary N) is 1. The summed E-state index contributed by atoms with van der Waals surface area (Å²) in [5.41, 5.74) is 2.12. The highest BCUT2D eigenvalue weighted by atomic mass is 35.5. The number of rotatable bonds is 15. The van der Waals surface area contributed by atoms with Gasteiger partial charge in [0.05, 0.1) is 19.1 Å². The smallest absolute Gasteiger partial charge is 0.242 e. The first-order chi connectivity index (χ1) is 18.0. The van der Waals surface area contributed by atoms with Crippen LogP contribution >= 0.6 is 11.6 Å². The molecule has 0 heterocycles. The number of ether oxygens (including phenoxy) is 1. The summed E-state index contributed by atoms with van der Waals surface area (Å²) in [4.78, 5) is 28.2. The number of sulfonamides is 1. The number of aryl methyl sites for hydroxylation is 1. The molecule has 8 nitrogen and oxygen atoms in total. The van der Waals surface area contributed by atoms with Crippen molar-refractivity contribution < 1.29 is 22.7 Å². The Morgan fingerprint density at radius 3 is 2.34 bits per heavy atom. The van der Waals surface area contributed by atoms with Crippen molar-refractivity contribution >= 4 is 39.1 Å². The second kappa shape index (κ2) is 15.0. The zero-order valence-electron chi connectivity index (χ0n) is 23.0. The summed E-state index contributed by atoms with van der Waals surface area (Å²) in [7, 11) is -2.02. The highest BCUT2D eigenvalue weighted by Crippen LogP contribution is 2.27. The van der Waals surface area contributed by atoms with Crippen molar-refractivity contribution in [3.63, 3.8) is 0 Å². The van der Waals surface area contributed by atoms with E-state index in [2.05, 4.69) is 5.32 Å². The molecule has 0 saturated carbocycles. The van der Waals surface area contributed by atoms with E-state index in [-0.39, 0.29) is 37.7 Å². The first-order valence-electron chi connectivity index (χ1n) is 13.0. The van der Waals surface area contributed by atoms with Crippen LogP contribution in [-0.4, -0.2) is 57.6 Å². The first-order valence-corrected chi connectivity index (χ1v) is 15.2. The monoisotopic (exact) mass is 565 g/mol. The lowest BCUT2D eigenvalue weighted by molar-refractivity contribution is -0.141. The molecule has 210 valence electrons. The molecule has 0 aliphatic heterocycles. The van der Waals surface area contributed by atoms with Crippen LogP contribution < -0.4 is 14.4 Å². The first kappa shape index (κ1) is 31.4. The second-order valence-electron chi connectivity index (χ2n) is 9.31. The summed E-state index contributed by atoms with van der Waals surface area (Å²) in [6.45, 7) is 6.67. The molecule has 0 saturated heterocycles. The third-order valence-electron chi connectivity index (χ3n) is 6.32. The van der Waals surface area contributed by atoms with Gasteiger partial charge in [-0.1, -0.05) is 50.1 Å². The van der Waals surface area contributed by atoms with E-state index >= 15 is 0 Å². The van der Waals surface area contributed by atoms with Gasteiger partial charge in [0.1, 0.15) is 11.8 Å². The number of carbonyl (C=O) groups excluding carboxylic acids is 2. The Hall–Kier alpha value is -2.78. The number of halogens is 1. The van der Waals surface area contributed by atoms with Gasteiger partial charge >= 0.3 is 0 Å². The van der Waals surface area contributed by atoms with Gasteiger partial charge in [-0.3, -0.25) is 13.9 Å². The van der Waals surface area contributed by atoms with Crippen LogP contribution in [0, 0.1) is 6.92 Å². The third-order valence-corrected chi connectivity index (χ3v) is 7.73. The van der Waals surface area contributed by atoms with Crippen LogP contribution in [0.15, 0.2) is 42.5 Å². The largest absolute Gasteiger partial charge is 0.497 e. The number of unbranched alkanes of at least 4 members (excludes halogenated alkanes) is 1. The van der Waals surface area contributed by atoms with Crippen LogP contribution in [-0.2, 0) is 26.2 Å². The van der Waals surface area contributed by atoms with E-state index in [1.54, 1.807) is 30.2 Å². The van der Waals surface area contributed by atoms with Gasteiger partial charge < -0.3 is 15.0 Å². The topological polar surface area (TPSA) is 96.0 Å². The normalized spacial score (nSPS) is 12.1. The van der Waals surface area contributed by atoms with E-state index in [4.69, 9.17) is 16.3 Å². The van der Waals surface area contributed by atoms with E-state index in [0.29, 0.717) is 29.4 Å². The van der Waals surface area contributed by atoms with Gasteiger partial charge in [-0.15, -0.1) is 0 Å². The van der Waals surface area contributed by atoms with Crippen LogP contribution in [0.25, 0.3) is 0 Å². The van der Waals surface area contributed by atoms with Crippen molar-refractivity contribution in [2.45, 2.75) is 65.5 Å². The van der Waals surface area contributed by atoms with Crippen LogP contribution in [0.3, 0.4) is 0 Å². The molecule has 0 aliphatic rings. The van der Waals surface area contributed by atoms with E-state index in [1.165, 1.54) is 4.31 Å². The van der Waals surface area contributed by atoms with E-state index in [1.807, 2.05) is 45.0 Å². The highest BCUT2D eigenvalue weighted by Gasteiger charge is 2.29. The molecule has 0 aliphatic carbocycles. The summed E-state index contributed by atoms with van der Waals surface area (Å²) < 4.78 is 31.7. The molecular formula is C28H40ClN3O5S. The molecule has 0 aromatic heterocycles. The highest BCUT2D eigenvalue weighted by molar-refractivity contribution is 7.92. The lowest BCUT2D eigenvalue weighted by Gasteiger charge is -2.31. The molecule has 2 aromatic carbocycles. The Kier molecular flexibility index (Phi) is 12.4. The van der Waals surface area contributed by atoms with Crippen molar-refractivity contribution in [2.75, 3.05) is 30.8 Å². The SMILES string of the molecule is CCCCNC(=O)[C@H](CC)N(Cc1ccc(OC)cc1)C(=O)CCCN(c1cc(Cl)ccc1C)S(C)(=O)=O. The minimum absolute atomic E-state index is 0.0839. The summed E-state index contributed by atoms with van der Waals surface area (Å²) in [5.74, 6) is 0.304. The van der Waals surface area contributed by atoms with Gasteiger partial charge in [-0.25, -0.2) is 8.42 Å². The average molecular weight is 566 g/mol. The fraction of sp³-hybridized carbons (Fsp3) is 0.500. The van der Waals surface area contributed by atoms with Crippen molar-refractivity contribution in [1.82, 2.24) is 10.2 Å². The maximum Gasteiger partial charge on any atom is 0.242 e. The van der Waals surface area contributed by atoms with Crippen LogP contribution in [0.1, 0.15) is 57.1 Å². The maximum atomic E-state index is 13.5. The molecule has 0 fully saturated rings. The van der Waals surface area contributed by atoms with Crippen molar-refractivity contribution in [1.29, 1.82) is 0 Å². The van der Waals surface area contributed by atoms with E-state index in [0.717, 1.165) is 30.2 Å². The number of benzene rings is 2. The zero-order valence-corrected chi connectivity index (χ0v) is 24.6. The number of nitrogens with zero attached hydrogens (tertiary/aromatic N) is 2. The third kappa shape index (κ3) is 9.20. The zero-order chi connectivity index (χ0) is 28.3. The molecule has 2 amide bonds. The van der Waals surface area contributed by atoms with Gasteiger partial charge in [-0.2, -0.15) is 0 Å². The van der Waals surface area contributed by atoms with E-state index < -0.39 is 16.1 Å².